The number of hydrogen-bond acceptors (Lipinski definition) is 4. The van der Waals surface area contributed by atoms with Crippen molar-refractivity contribution >= 4 is 31.6 Å². The molecule has 5 nitrogen and oxygen atoms in total. The van der Waals surface area contributed by atoms with Gasteiger partial charge in [0, 0.05) is 22.8 Å². The summed E-state index contributed by atoms with van der Waals surface area (Å²) in [5.74, 6) is 0. The lowest BCUT2D eigenvalue weighted by Crippen LogP contribution is -2.45. The number of anilines is 1. The summed E-state index contributed by atoms with van der Waals surface area (Å²) in [6.07, 6.45) is 1.31. The molecule has 20 heavy (non-hydrogen) atoms. The maximum Gasteiger partial charge on any atom is 0.242 e. The van der Waals surface area contributed by atoms with E-state index in [1.54, 1.807) is 12.1 Å². The summed E-state index contributed by atoms with van der Waals surface area (Å²) in [4.78, 5) is 0.168. The molecule has 1 aliphatic heterocycles. The molecular weight excluding hydrogens is 344 g/mol. The van der Waals surface area contributed by atoms with Crippen LogP contribution in [0.1, 0.15) is 26.7 Å². The van der Waals surface area contributed by atoms with E-state index in [0.29, 0.717) is 29.6 Å². The van der Waals surface area contributed by atoms with Crippen LogP contribution in [0.2, 0.25) is 0 Å². The molecule has 0 bridgehead atoms. The van der Waals surface area contributed by atoms with Gasteiger partial charge in [-0.3, -0.25) is 0 Å². The Morgan fingerprint density at radius 3 is 2.80 bits per heavy atom. The van der Waals surface area contributed by atoms with Crippen LogP contribution in [0.25, 0.3) is 0 Å². The number of ether oxygens (including phenoxy) is 1. The van der Waals surface area contributed by atoms with E-state index in [4.69, 9.17) is 10.5 Å². The molecule has 0 saturated carbocycles. The van der Waals surface area contributed by atoms with Crippen LogP contribution in [-0.2, 0) is 14.8 Å². The molecule has 0 amide bonds. The third-order valence-corrected chi connectivity index (χ3v) is 5.78. The van der Waals surface area contributed by atoms with Gasteiger partial charge in [0.25, 0.3) is 0 Å². The van der Waals surface area contributed by atoms with E-state index >= 15 is 0 Å². The molecule has 1 atom stereocenters. The van der Waals surface area contributed by atoms with Crippen LogP contribution in [0, 0.1) is 0 Å². The van der Waals surface area contributed by atoms with E-state index in [1.165, 1.54) is 6.07 Å². The van der Waals surface area contributed by atoms with E-state index in [9.17, 15) is 8.42 Å². The van der Waals surface area contributed by atoms with Crippen molar-refractivity contribution in [1.82, 2.24) is 4.72 Å². The molecule has 112 valence electrons. The Labute approximate surface area is 128 Å². The fourth-order valence-electron chi connectivity index (χ4n) is 2.34. The molecule has 3 N–H and O–H groups in total. The maximum absolute atomic E-state index is 12.4. The predicted octanol–water partition coefficient (Wildman–Crippen LogP) is 2.27. The van der Waals surface area contributed by atoms with Gasteiger partial charge < -0.3 is 10.5 Å². The lowest BCUT2D eigenvalue weighted by Gasteiger charge is -2.35. The van der Waals surface area contributed by atoms with Crippen molar-refractivity contribution in [3.05, 3.63) is 22.7 Å². The number of benzene rings is 1. The second kappa shape index (κ2) is 5.63. The Balaban J connectivity index is 2.21. The van der Waals surface area contributed by atoms with Crippen molar-refractivity contribution < 1.29 is 13.2 Å². The maximum atomic E-state index is 12.4. The third-order valence-electron chi connectivity index (χ3n) is 3.26. The molecule has 1 aromatic rings. The van der Waals surface area contributed by atoms with E-state index in [0.717, 1.165) is 0 Å². The summed E-state index contributed by atoms with van der Waals surface area (Å²) in [6, 6.07) is 4.62. The third kappa shape index (κ3) is 3.72. The van der Waals surface area contributed by atoms with Crippen LogP contribution in [0.4, 0.5) is 5.69 Å². The van der Waals surface area contributed by atoms with Crippen LogP contribution in [-0.4, -0.2) is 26.7 Å². The monoisotopic (exact) mass is 362 g/mol. The van der Waals surface area contributed by atoms with Crippen molar-refractivity contribution in [1.29, 1.82) is 0 Å². The van der Waals surface area contributed by atoms with Gasteiger partial charge in [-0.1, -0.05) is 0 Å². The van der Waals surface area contributed by atoms with Crippen molar-refractivity contribution in [3.8, 4) is 0 Å². The van der Waals surface area contributed by atoms with Gasteiger partial charge in [-0.2, -0.15) is 0 Å². The highest BCUT2D eigenvalue weighted by Crippen LogP contribution is 2.28. The lowest BCUT2D eigenvalue weighted by molar-refractivity contribution is -0.0599. The van der Waals surface area contributed by atoms with Crippen LogP contribution < -0.4 is 10.5 Å². The fourth-order valence-corrected chi connectivity index (χ4v) is 4.61. The van der Waals surface area contributed by atoms with E-state index in [2.05, 4.69) is 20.7 Å². The molecule has 1 aromatic carbocycles. The highest BCUT2D eigenvalue weighted by molar-refractivity contribution is 9.10. The standard InChI is InChI=1S/C13H19BrN2O3S/c1-13(2)8-10(5-6-19-13)16-20(17,18)12-7-9(15)3-4-11(12)14/h3-4,7,10,16H,5-6,8,15H2,1-2H3. The number of nitrogens with two attached hydrogens (primary N) is 1. The second-order valence-electron chi connectivity index (χ2n) is 5.61. The largest absolute Gasteiger partial charge is 0.399 e. The number of nitrogen functional groups attached to an aromatic ring is 1. The van der Waals surface area contributed by atoms with Crippen LogP contribution >= 0.6 is 15.9 Å². The van der Waals surface area contributed by atoms with Gasteiger partial charge in [0.2, 0.25) is 10.0 Å². The highest BCUT2D eigenvalue weighted by Gasteiger charge is 2.32. The molecule has 0 radical (unpaired) electrons. The van der Waals surface area contributed by atoms with Gasteiger partial charge in [0.1, 0.15) is 0 Å². The number of sulfonamides is 1. The van der Waals surface area contributed by atoms with Gasteiger partial charge >= 0.3 is 0 Å². The number of nitrogens with one attached hydrogen (secondary N) is 1. The first-order valence-corrected chi connectivity index (χ1v) is 8.68. The SMILES string of the molecule is CC1(C)CC(NS(=O)(=O)c2cc(N)ccc2Br)CCO1. The zero-order chi connectivity index (χ0) is 15.0. The summed E-state index contributed by atoms with van der Waals surface area (Å²) >= 11 is 3.25. The van der Waals surface area contributed by atoms with Gasteiger partial charge in [0.05, 0.1) is 10.5 Å². The minimum absolute atomic E-state index is 0.128. The molecule has 0 spiro atoms. The topological polar surface area (TPSA) is 81.4 Å². The quantitative estimate of drug-likeness (QED) is 0.808. The first kappa shape index (κ1) is 15.8. The normalized spacial score (nSPS) is 22.6. The minimum Gasteiger partial charge on any atom is -0.399 e. The van der Waals surface area contributed by atoms with Gasteiger partial charge in [0.15, 0.2) is 0 Å². The van der Waals surface area contributed by atoms with Gasteiger partial charge in [-0.15, -0.1) is 0 Å². The second-order valence-corrected chi connectivity index (χ2v) is 8.15. The molecule has 0 aliphatic carbocycles. The average Bonchev–Trinajstić information content (AvgIpc) is 2.30. The zero-order valence-corrected chi connectivity index (χ0v) is 13.9. The summed E-state index contributed by atoms with van der Waals surface area (Å²) in [7, 11) is -3.60. The molecule has 0 aromatic heterocycles. The minimum atomic E-state index is -3.60. The van der Waals surface area contributed by atoms with Crippen molar-refractivity contribution in [2.45, 2.75) is 43.2 Å². The summed E-state index contributed by atoms with van der Waals surface area (Å²) in [6.45, 7) is 4.48. The summed E-state index contributed by atoms with van der Waals surface area (Å²) < 4.78 is 33.7. The first-order chi connectivity index (χ1) is 9.20. The predicted molar refractivity (Wildman–Crippen MR) is 81.9 cm³/mol. The fraction of sp³-hybridized carbons (Fsp3) is 0.538. The summed E-state index contributed by atoms with van der Waals surface area (Å²) in [5.41, 5.74) is 5.78. The Morgan fingerprint density at radius 2 is 2.15 bits per heavy atom. The molecule has 1 saturated heterocycles. The lowest BCUT2D eigenvalue weighted by atomic mass is 9.95. The van der Waals surface area contributed by atoms with E-state index in [1.807, 2.05) is 13.8 Å². The molecule has 7 heteroatoms. The first-order valence-electron chi connectivity index (χ1n) is 6.41. The Bertz CT molecular complexity index is 602. The van der Waals surface area contributed by atoms with Crippen molar-refractivity contribution in [3.63, 3.8) is 0 Å². The Morgan fingerprint density at radius 1 is 1.45 bits per heavy atom. The number of hydrogen-bond donors (Lipinski definition) is 2. The smallest absolute Gasteiger partial charge is 0.242 e. The molecule has 1 unspecified atom stereocenters. The van der Waals surface area contributed by atoms with Crippen LogP contribution in [0.3, 0.4) is 0 Å². The van der Waals surface area contributed by atoms with Crippen LogP contribution in [0.15, 0.2) is 27.6 Å². The zero-order valence-electron chi connectivity index (χ0n) is 11.5. The Kier molecular flexibility index (Phi) is 4.44. The van der Waals surface area contributed by atoms with E-state index in [-0.39, 0.29) is 16.5 Å². The van der Waals surface area contributed by atoms with Gasteiger partial charge in [-0.05, 0) is 60.8 Å². The van der Waals surface area contributed by atoms with Crippen molar-refractivity contribution in [2.24, 2.45) is 0 Å². The number of halogens is 1. The highest BCUT2D eigenvalue weighted by atomic mass is 79.9. The van der Waals surface area contributed by atoms with E-state index < -0.39 is 10.0 Å². The van der Waals surface area contributed by atoms with Gasteiger partial charge in [-0.25, -0.2) is 13.1 Å². The summed E-state index contributed by atoms with van der Waals surface area (Å²) in [5, 5.41) is 0. The average molecular weight is 363 g/mol. The molecule has 2 rings (SSSR count). The molecule has 1 aliphatic rings. The molecule has 1 fully saturated rings. The number of rotatable bonds is 3. The Hall–Kier alpha value is -0.630. The molecule has 1 heterocycles. The molecular formula is C13H19BrN2O3S. The van der Waals surface area contributed by atoms with Crippen molar-refractivity contribution in [2.75, 3.05) is 12.3 Å². The van der Waals surface area contributed by atoms with Crippen LogP contribution in [0.5, 0.6) is 0 Å².